The van der Waals surface area contributed by atoms with E-state index in [0.29, 0.717) is 17.7 Å². The van der Waals surface area contributed by atoms with Crippen molar-refractivity contribution >= 4 is 23.0 Å². The number of hydrogen-bond donors (Lipinski definition) is 2. The Kier molecular flexibility index (Phi) is 5.63. The number of imidazole rings is 1. The molecule has 0 aliphatic heterocycles. The minimum Gasteiger partial charge on any atom is -0.351 e. The topological polar surface area (TPSA) is 75.5 Å². The predicted molar refractivity (Wildman–Crippen MR) is 101 cm³/mol. The quantitative estimate of drug-likeness (QED) is 0.640. The van der Waals surface area contributed by atoms with E-state index in [1.165, 1.54) is 0 Å². The molecule has 0 saturated carbocycles. The molecule has 3 aromatic rings. The van der Waals surface area contributed by atoms with Gasteiger partial charge in [0.15, 0.2) is 5.69 Å². The fraction of sp³-hybridized carbons (Fsp3) is 0.250. The van der Waals surface area contributed by atoms with Crippen LogP contribution in [0.15, 0.2) is 54.7 Å². The second-order valence-corrected chi connectivity index (χ2v) is 6.02. The second kappa shape index (κ2) is 8.29. The maximum atomic E-state index is 12.6. The van der Waals surface area contributed by atoms with Gasteiger partial charge in [0.25, 0.3) is 11.8 Å². The number of unbranched alkanes of at least 4 members (excludes halogenated alkanes) is 2. The van der Waals surface area contributed by atoms with E-state index < -0.39 is 0 Å². The summed E-state index contributed by atoms with van der Waals surface area (Å²) < 4.78 is 1.64. The van der Waals surface area contributed by atoms with Gasteiger partial charge in [0.05, 0.1) is 5.52 Å². The van der Waals surface area contributed by atoms with Crippen molar-refractivity contribution in [2.24, 2.45) is 0 Å². The van der Waals surface area contributed by atoms with Crippen LogP contribution in [0.25, 0.3) is 5.52 Å². The molecule has 2 N–H and O–H groups in total. The molecule has 0 saturated heterocycles. The summed E-state index contributed by atoms with van der Waals surface area (Å²) in [7, 11) is 0. The molecule has 0 spiro atoms. The molecule has 3 rings (SSSR count). The average Bonchev–Trinajstić information content (AvgIpc) is 3.06. The normalized spacial score (nSPS) is 10.7. The first-order valence-corrected chi connectivity index (χ1v) is 8.82. The smallest absolute Gasteiger partial charge is 0.292 e. The molecule has 0 unspecified atom stereocenters. The summed E-state index contributed by atoms with van der Waals surface area (Å²) >= 11 is 0. The van der Waals surface area contributed by atoms with Gasteiger partial charge in [0.2, 0.25) is 5.82 Å². The first kappa shape index (κ1) is 17.7. The lowest BCUT2D eigenvalue weighted by molar-refractivity contribution is 0.0950. The Balaban J connectivity index is 1.85. The molecule has 26 heavy (non-hydrogen) atoms. The van der Waals surface area contributed by atoms with Gasteiger partial charge >= 0.3 is 0 Å². The molecular weight excluding hydrogens is 328 g/mol. The third kappa shape index (κ3) is 3.91. The molecule has 2 heterocycles. The third-order valence-electron chi connectivity index (χ3n) is 4.06. The van der Waals surface area contributed by atoms with Crippen molar-refractivity contribution in [3.63, 3.8) is 0 Å². The van der Waals surface area contributed by atoms with Gasteiger partial charge in [-0.05, 0) is 30.7 Å². The van der Waals surface area contributed by atoms with Crippen LogP contribution in [0.1, 0.15) is 47.3 Å². The monoisotopic (exact) mass is 350 g/mol. The van der Waals surface area contributed by atoms with Gasteiger partial charge < -0.3 is 10.6 Å². The largest absolute Gasteiger partial charge is 0.351 e. The molecule has 1 aromatic carbocycles. The molecule has 0 fully saturated rings. The molecular formula is C20H22N4O2. The number of carbonyl (C=O) groups is 2. The number of aromatic nitrogens is 2. The fourth-order valence-electron chi connectivity index (χ4n) is 2.73. The number of para-hydroxylation sites is 1. The Morgan fingerprint density at radius 3 is 2.54 bits per heavy atom. The van der Waals surface area contributed by atoms with Crippen LogP contribution in [0.5, 0.6) is 0 Å². The summed E-state index contributed by atoms with van der Waals surface area (Å²) in [5.41, 5.74) is 1.55. The zero-order valence-corrected chi connectivity index (χ0v) is 14.7. The van der Waals surface area contributed by atoms with Crippen molar-refractivity contribution in [1.29, 1.82) is 0 Å². The van der Waals surface area contributed by atoms with Gasteiger partial charge in [-0.1, -0.05) is 44.0 Å². The molecule has 134 valence electrons. The number of carbonyl (C=O) groups excluding carboxylic acids is 2. The van der Waals surface area contributed by atoms with Crippen molar-refractivity contribution < 1.29 is 9.59 Å². The van der Waals surface area contributed by atoms with Crippen LogP contribution < -0.4 is 10.6 Å². The molecule has 6 heteroatoms. The number of amides is 2. The van der Waals surface area contributed by atoms with E-state index in [1.54, 1.807) is 34.9 Å². The molecule has 2 amide bonds. The summed E-state index contributed by atoms with van der Waals surface area (Å²) in [5.74, 6) is -0.436. The first-order valence-electron chi connectivity index (χ1n) is 8.82. The number of nitrogens with one attached hydrogen (secondary N) is 2. The molecule has 2 aromatic heterocycles. The third-order valence-corrected chi connectivity index (χ3v) is 4.06. The number of fused-ring (bicyclic) bond motifs is 1. The first-order chi connectivity index (χ1) is 12.7. The maximum Gasteiger partial charge on any atom is 0.292 e. The van der Waals surface area contributed by atoms with E-state index in [4.69, 9.17) is 0 Å². The van der Waals surface area contributed by atoms with Crippen LogP contribution in [0.4, 0.5) is 5.69 Å². The van der Waals surface area contributed by atoms with Gasteiger partial charge in [-0.2, -0.15) is 0 Å². The Morgan fingerprint density at radius 1 is 1.00 bits per heavy atom. The minimum atomic E-state index is -0.359. The van der Waals surface area contributed by atoms with Crippen molar-refractivity contribution in [1.82, 2.24) is 14.7 Å². The maximum absolute atomic E-state index is 12.6. The van der Waals surface area contributed by atoms with Gasteiger partial charge in [-0.25, -0.2) is 4.98 Å². The number of pyridine rings is 1. The Labute approximate surface area is 152 Å². The van der Waals surface area contributed by atoms with Crippen molar-refractivity contribution in [2.75, 3.05) is 11.9 Å². The van der Waals surface area contributed by atoms with E-state index in [0.717, 1.165) is 19.3 Å². The predicted octanol–water partition coefficient (Wildman–Crippen LogP) is 3.51. The highest BCUT2D eigenvalue weighted by atomic mass is 16.2. The SMILES string of the molecule is CCCCCNC(=O)c1nc(C(=O)Nc2ccccc2)n2ccccc12. The molecule has 0 aliphatic rings. The highest BCUT2D eigenvalue weighted by Crippen LogP contribution is 2.15. The van der Waals surface area contributed by atoms with Gasteiger partial charge in [0.1, 0.15) is 0 Å². The Morgan fingerprint density at radius 2 is 1.77 bits per heavy atom. The lowest BCUT2D eigenvalue weighted by atomic mass is 10.2. The van der Waals surface area contributed by atoms with Crippen LogP contribution in [0, 0.1) is 0 Å². The molecule has 0 atom stereocenters. The van der Waals surface area contributed by atoms with Gasteiger partial charge in [-0.15, -0.1) is 0 Å². The standard InChI is InChI=1S/C20H22N4O2/c1-2-3-8-13-21-19(25)17-16-12-7-9-14-24(16)18(23-17)20(26)22-15-10-5-4-6-11-15/h4-7,9-12,14H,2-3,8,13H2,1H3,(H,21,25)(H,22,26). The molecule has 0 aliphatic carbocycles. The lowest BCUT2D eigenvalue weighted by Gasteiger charge is -2.03. The molecule has 6 nitrogen and oxygen atoms in total. The van der Waals surface area contributed by atoms with Crippen molar-refractivity contribution in [3.8, 4) is 0 Å². The van der Waals surface area contributed by atoms with Crippen molar-refractivity contribution in [2.45, 2.75) is 26.2 Å². The Hall–Kier alpha value is -3.15. The highest BCUT2D eigenvalue weighted by Gasteiger charge is 2.21. The van der Waals surface area contributed by atoms with E-state index in [-0.39, 0.29) is 23.3 Å². The van der Waals surface area contributed by atoms with Crippen LogP contribution in [-0.4, -0.2) is 27.7 Å². The second-order valence-electron chi connectivity index (χ2n) is 6.02. The zero-order valence-electron chi connectivity index (χ0n) is 14.7. The van der Waals surface area contributed by atoms with Gasteiger partial charge in [0, 0.05) is 18.4 Å². The number of hydrogen-bond acceptors (Lipinski definition) is 3. The Bertz CT molecular complexity index is 903. The summed E-state index contributed by atoms with van der Waals surface area (Å²) in [5, 5.41) is 5.69. The summed E-state index contributed by atoms with van der Waals surface area (Å²) in [4.78, 5) is 29.5. The van der Waals surface area contributed by atoms with Crippen LogP contribution in [0.3, 0.4) is 0 Å². The molecule has 0 radical (unpaired) electrons. The van der Waals surface area contributed by atoms with E-state index in [9.17, 15) is 9.59 Å². The van der Waals surface area contributed by atoms with Crippen LogP contribution >= 0.6 is 0 Å². The van der Waals surface area contributed by atoms with E-state index >= 15 is 0 Å². The summed E-state index contributed by atoms with van der Waals surface area (Å²) in [6, 6.07) is 14.6. The number of nitrogens with zero attached hydrogens (tertiary/aromatic N) is 2. The fourth-order valence-corrected chi connectivity index (χ4v) is 2.73. The average molecular weight is 350 g/mol. The van der Waals surface area contributed by atoms with E-state index in [1.807, 2.05) is 24.3 Å². The van der Waals surface area contributed by atoms with Gasteiger partial charge in [-0.3, -0.25) is 14.0 Å². The number of benzene rings is 1. The van der Waals surface area contributed by atoms with E-state index in [2.05, 4.69) is 22.5 Å². The van der Waals surface area contributed by atoms with Crippen molar-refractivity contribution in [3.05, 3.63) is 66.2 Å². The summed E-state index contributed by atoms with van der Waals surface area (Å²) in [6.07, 6.45) is 4.81. The highest BCUT2D eigenvalue weighted by molar-refractivity contribution is 6.06. The number of rotatable bonds is 7. The van der Waals surface area contributed by atoms with Crippen LogP contribution in [0.2, 0.25) is 0 Å². The number of anilines is 1. The van der Waals surface area contributed by atoms with Crippen LogP contribution in [-0.2, 0) is 0 Å². The minimum absolute atomic E-state index is 0.183. The molecule has 0 bridgehead atoms. The lowest BCUT2D eigenvalue weighted by Crippen LogP contribution is -2.25. The summed E-state index contributed by atoms with van der Waals surface area (Å²) in [6.45, 7) is 2.71. The zero-order chi connectivity index (χ0) is 18.4.